The topological polar surface area (TPSA) is 58.6 Å². The summed E-state index contributed by atoms with van der Waals surface area (Å²) in [5, 5.41) is 2.79. The summed E-state index contributed by atoms with van der Waals surface area (Å²) in [5.74, 6) is 0.440. The number of imide groups is 1. The number of rotatable bonds is 5. The van der Waals surface area contributed by atoms with E-state index in [9.17, 15) is 9.59 Å². The Bertz CT molecular complexity index is 807. The first kappa shape index (κ1) is 17.5. The Labute approximate surface area is 155 Å². The Morgan fingerprint density at radius 3 is 2.56 bits per heavy atom. The molecule has 1 aliphatic rings. The number of nitrogens with one attached hydrogen (secondary N) is 1. The maximum atomic E-state index is 12.8. The number of amides is 3. The molecular formula is C19H19BrN2O3. The molecule has 1 aliphatic heterocycles. The zero-order valence-corrected chi connectivity index (χ0v) is 15.7. The van der Waals surface area contributed by atoms with Crippen LogP contribution >= 0.6 is 15.9 Å². The van der Waals surface area contributed by atoms with Gasteiger partial charge < -0.3 is 10.1 Å². The minimum Gasteiger partial charge on any atom is -0.492 e. The molecule has 2 aromatic carbocycles. The predicted molar refractivity (Wildman–Crippen MR) is 98.4 cm³/mol. The molecule has 0 unspecified atom stereocenters. The molecule has 5 nitrogen and oxygen atoms in total. The van der Waals surface area contributed by atoms with E-state index in [0.29, 0.717) is 5.75 Å². The molecule has 1 fully saturated rings. The van der Waals surface area contributed by atoms with E-state index in [1.54, 1.807) is 6.92 Å². The molecule has 1 N–H and O–H groups in total. The van der Waals surface area contributed by atoms with Gasteiger partial charge in [0.1, 0.15) is 17.9 Å². The molecule has 0 aliphatic carbocycles. The van der Waals surface area contributed by atoms with Gasteiger partial charge in [-0.2, -0.15) is 0 Å². The number of carbonyl (C=O) groups excluding carboxylic acids is 2. The molecule has 6 heteroatoms. The minimum absolute atomic E-state index is 0.197. The smallest absolute Gasteiger partial charge is 0.325 e. The van der Waals surface area contributed by atoms with Crippen molar-refractivity contribution >= 4 is 27.9 Å². The lowest BCUT2D eigenvalue weighted by atomic mass is 9.92. The van der Waals surface area contributed by atoms with Crippen molar-refractivity contribution in [2.75, 3.05) is 13.2 Å². The highest BCUT2D eigenvalue weighted by Crippen LogP contribution is 2.30. The van der Waals surface area contributed by atoms with Gasteiger partial charge in [0.25, 0.3) is 5.91 Å². The summed E-state index contributed by atoms with van der Waals surface area (Å²) in [4.78, 5) is 26.3. The molecule has 3 amide bonds. The highest BCUT2D eigenvalue weighted by Gasteiger charge is 2.48. The maximum Gasteiger partial charge on any atom is 0.325 e. The van der Waals surface area contributed by atoms with Gasteiger partial charge in [-0.05, 0) is 43.7 Å². The van der Waals surface area contributed by atoms with E-state index in [1.165, 1.54) is 4.90 Å². The van der Waals surface area contributed by atoms with Crippen molar-refractivity contribution in [3.8, 4) is 5.75 Å². The second kappa shape index (κ2) is 6.88. The third-order valence-electron chi connectivity index (χ3n) is 4.28. The summed E-state index contributed by atoms with van der Waals surface area (Å²) in [6, 6.07) is 14.6. The number of hydrogen-bond donors (Lipinski definition) is 1. The molecule has 3 rings (SSSR count). The van der Waals surface area contributed by atoms with E-state index in [-0.39, 0.29) is 19.1 Å². The number of hydrogen-bond acceptors (Lipinski definition) is 3. The van der Waals surface area contributed by atoms with Gasteiger partial charge in [0, 0.05) is 4.47 Å². The maximum absolute atomic E-state index is 12.8. The lowest BCUT2D eigenvalue weighted by Gasteiger charge is -2.22. The number of halogens is 1. The van der Waals surface area contributed by atoms with E-state index in [1.807, 2.05) is 55.5 Å². The van der Waals surface area contributed by atoms with Crippen LogP contribution in [0.5, 0.6) is 5.75 Å². The van der Waals surface area contributed by atoms with Crippen LogP contribution in [0, 0.1) is 6.92 Å². The molecule has 130 valence electrons. The Hall–Kier alpha value is -2.34. The Morgan fingerprint density at radius 1 is 1.16 bits per heavy atom. The van der Waals surface area contributed by atoms with Gasteiger partial charge in [0.2, 0.25) is 0 Å². The van der Waals surface area contributed by atoms with Crippen LogP contribution in [0.3, 0.4) is 0 Å². The van der Waals surface area contributed by atoms with Crippen LogP contribution in [0.25, 0.3) is 0 Å². The Balaban J connectivity index is 1.68. The molecule has 1 atom stereocenters. The first-order valence-corrected chi connectivity index (χ1v) is 8.79. The number of urea groups is 1. The first-order chi connectivity index (χ1) is 11.9. The summed E-state index contributed by atoms with van der Waals surface area (Å²) in [7, 11) is 0. The van der Waals surface area contributed by atoms with Crippen LogP contribution < -0.4 is 10.1 Å². The molecule has 0 aromatic heterocycles. The van der Waals surface area contributed by atoms with E-state index < -0.39 is 11.6 Å². The van der Waals surface area contributed by atoms with Crippen molar-refractivity contribution in [2.24, 2.45) is 0 Å². The van der Waals surface area contributed by atoms with Crippen LogP contribution in [0.1, 0.15) is 18.1 Å². The number of carbonyl (C=O) groups is 2. The van der Waals surface area contributed by atoms with Crippen molar-refractivity contribution in [3.05, 3.63) is 64.1 Å². The SMILES string of the molecule is Cc1ccc(OCCN2C(=O)N[C@@](C)(c3cccc(Br)c3)C2=O)cc1. The minimum atomic E-state index is -1.06. The quantitative estimate of drug-likeness (QED) is 0.777. The van der Waals surface area contributed by atoms with E-state index in [4.69, 9.17) is 4.74 Å². The fraction of sp³-hybridized carbons (Fsp3) is 0.263. The standard InChI is InChI=1S/C19H19BrN2O3/c1-13-6-8-16(9-7-13)25-11-10-22-17(23)19(2,21-18(22)24)14-4-3-5-15(20)12-14/h3-9,12H,10-11H2,1-2H3,(H,21,24)/t19-/m0/s1. The van der Waals surface area contributed by atoms with E-state index >= 15 is 0 Å². The van der Waals surface area contributed by atoms with Crippen molar-refractivity contribution < 1.29 is 14.3 Å². The van der Waals surface area contributed by atoms with Gasteiger partial charge in [-0.1, -0.05) is 45.8 Å². The van der Waals surface area contributed by atoms with Gasteiger partial charge in [0.05, 0.1) is 6.54 Å². The van der Waals surface area contributed by atoms with Crippen molar-refractivity contribution in [3.63, 3.8) is 0 Å². The van der Waals surface area contributed by atoms with Crippen molar-refractivity contribution in [2.45, 2.75) is 19.4 Å². The number of nitrogens with zero attached hydrogens (tertiary/aromatic N) is 1. The van der Waals surface area contributed by atoms with E-state index in [0.717, 1.165) is 15.6 Å². The zero-order chi connectivity index (χ0) is 18.0. The van der Waals surface area contributed by atoms with Crippen LogP contribution in [0.2, 0.25) is 0 Å². The van der Waals surface area contributed by atoms with Crippen LogP contribution in [0.4, 0.5) is 4.79 Å². The van der Waals surface area contributed by atoms with Gasteiger partial charge in [-0.15, -0.1) is 0 Å². The molecule has 0 saturated carbocycles. The summed E-state index contributed by atoms with van der Waals surface area (Å²) >= 11 is 3.40. The number of aryl methyl sites for hydroxylation is 1. The summed E-state index contributed by atoms with van der Waals surface area (Å²) in [5.41, 5.74) is 0.818. The third-order valence-corrected chi connectivity index (χ3v) is 4.77. The zero-order valence-electron chi connectivity index (χ0n) is 14.1. The van der Waals surface area contributed by atoms with Crippen molar-refractivity contribution in [1.29, 1.82) is 0 Å². The average molecular weight is 403 g/mol. The molecular weight excluding hydrogens is 384 g/mol. The summed E-state index contributed by atoms with van der Waals surface area (Å²) in [6.45, 7) is 4.16. The lowest BCUT2D eigenvalue weighted by molar-refractivity contribution is -0.131. The molecule has 1 heterocycles. The molecule has 0 spiro atoms. The van der Waals surface area contributed by atoms with Gasteiger partial charge in [-0.25, -0.2) is 4.79 Å². The van der Waals surface area contributed by atoms with Crippen LogP contribution in [0.15, 0.2) is 53.0 Å². The molecule has 2 aromatic rings. The summed E-state index contributed by atoms with van der Waals surface area (Å²) < 4.78 is 6.49. The van der Waals surface area contributed by atoms with Gasteiger partial charge in [-0.3, -0.25) is 9.69 Å². The van der Waals surface area contributed by atoms with Crippen LogP contribution in [-0.4, -0.2) is 30.0 Å². The highest BCUT2D eigenvalue weighted by atomic mass is 79.9. The number of benzene rings is 2. The molecule has 1 saturated heterocycles. The third kappa shape index (κ3) is 3.54. The fourth-order valence-corrected chi connectivity index (χ4v) is 3.18. The highest BCUT2D eigenvalue weighted by molar-refractivity contribution is 9.10. The monoisotopic (exact) mass is 402 g/mol. The second-order valence-corrected chi connectivity index (χ2v) is 7.10. The number of ether oxygens (including phenoxy) is 1. The van der Waals surface area contributed by atoms with E-state index in [2.05, 4.69) is 21.2 Å². The van der Waals surface area contributed by atoms with Gasteiger partial charge >= 0.3 is 6.03 Å². The Kier molecular flexibility index (Phi) is 4.81. The van der Waals surface area contributed by atoms with Gasteiger partial charge in [0.15, 0.2) is 0 Å². The Morgan fingerprint density at radius 2 is 1.88 bits per heavy atom. The lowest BCUT2D eigenvalue weighted by Crippen LogP contribution is -2.41. The largest absolute Gasteiger partial charge is 0.492 e. The predicted octanol–water partition coefficient (Wildman–Crippen LogP) is 3.60. The molecule has 0 bridgehead atoms. The van der Waals surface area contributed by atoms with Crippen LogP contribution in [-0.2, 0) is 10.3 Å². The molecule has 0 radical (unpaired) electrons. The summed E-state index contributed by atoms with van der Waals surface area (Å²) in [6.07, 6.45) is 0. The fourth-order valence-electron chi connectivity index (χ4n) is 2.78. The first-order valence-electron chi connectivity index (χ1n) is 8.00. The van der Waals surface area contributed by atoms with Crippen molar-refractivity contribution in [1.82, 2.24) is 10.2 Å². The second-order valence-electron chi connectivity index (χ2n) is 6.18. The average Bonchev–Trinajstić information content (AvgIpc) is 2.81. The molecule has 25 heavy (non-hydrogen) atoms. The normalized spacial score (nSPS) is 19.9.